The predicted molar refractivity (Wildman–Crippen MR) is 99.2 cm³/mol. The SMILES string of the molecule is N#Cc1cc(NC(=O)N2CCc3nn4c(c3C2)S(=O)(=O)CC(O)CC4)ccc1F. The van der Waals surface area contributed by atoms with Gasteiger partial charge in [-0.2, -0.15) is 10.4 Å². The minimum absolute atomic E-state index is 0.0537. The Morgan fingerprint density at radius 1 is 1.38 bits per heavy atom. The summed E-state index contributed by atoms with van der Waals surface area (Å²) in [6.07, 6.45) is -0.260. The van der Waals surface area contributed by atoms with E-state index in [1.54, 1.807) is 6.07 Å². The van der Waals surface area contributed by atoms with Crippen LogP contribution in [-0.2, 0) is 29.3 Å². The molecule has 11 heteroatoms. The molecule has 0 saturated carbocycles. The van der Waals surface area contributed by atoms with Gasteiger partial charge in [0.2, 0.25) is 0 Å². The molecule has 1 aromatic carbocycles. The molecule has 0 fully saturated rings. The number of nitrogens with one attached hydrogen (secondary N) is 1. The van der Waals surface area contributed by atoms with Crippen molar-refractivity contribution in [3.63, 3.8) is 0 Å². The van der Waals surface area contributed by atoms with E-state index in [1.165, 1.54) is 21.7 Å². The van der Waals surface area contributed by atoms with Crippen LogP contribution in [0.3, 0.4) is 0 Å². The number of aliphatic hydroxyl groups is 1. The third kappa shape index (κ3) is 3.56. The number of fused-ring (bicyclic) bond motifs is 3. The molecule has 1 atom stereocenters. The standard InChI is InChI=1S/C18H18FN5O4S/c19-15-2-1-12(7-11(15)8-20)21-18(26)23-5-4-16-14(9-23)17-24(22-16)6-3-13(25)10-29(17,27)28/h1-2,7,13,25H,3-6,9-10H2,(H,21,26). The molecule has 29 heavy (non-hydrogen) atoms. The van der Waals surface area contributed by atoms with Gasteiger partial charge in [-0.25, -0.2) is 17.6 Å². The third-order valence-electron chi connectivity index (χ3n) is 5.06. The number of carbonyl (C=O) groups is 1. The van der Waals surface area contributed by atoms with Gasteiger partial charge in [0.15, 0.2) is 14.9 Å². The molecule has 3 heterocycles. The normalized spacial score (nSPS) is 20.2. The molecular weight excluding hydrogens is 401 g/mol. The maximum atomic E-state index is 13.5. The lowest BCUT2D eigenvalue weighted by molar-refractivity contribution is 0.180. The molecule has 2 aliphatic rings. The fourth-order valence-electron chi connectivity index (χ4n) is 3.65. The van der Waals surface area contributed by atoms with E-state index in [2.05, 4.69) is 10.4 Å². The summed E-state index contributed by atoms with van der Waals surface area (Å²) in [6, 6.07) is 4.90. The second kappa shape index (κ2) is 7.13. The highest BCUT2D eigenvalue weighted by atomic mass is 32.2. The number of hydrogen-bond donors (Lipinski definition) is 2. The zero-order chi connectivity index (χ0) is 20.8. The fourth-order valence-corrected chi connectivity index (χ4v) is 5.49. The summed E-state index contributed by atoms with van der Waals surface area (Å²) in [6.45, 7) is 0.684. The van der Waals surface area contributed by atoms with Crippen molar-refractivity contribution in [2.75, 3.05) is 17.6 Å². The number of hydrogen-bond acceptors (Lipinski definition) is 6. The quantitative estimate of drug-likeness (QED) is 0.710. The summed E-state index contributed by atoms with van der Waals surface area (Å²) < 4.78 is 40.3. The molecule has 4 rings (SSSR count). The number of urea groups is 1. The number of aliphatic hydroxyl groups excluding tert-OH is 1. The Labute approximate surface area is 166 Å². The maximum Gasteiger partial charge on any atom is 0.322 e. The number of aryl methyl sites for hydroxylation is 1. The van der Waals surface area contributed by atoms with Crippen LogP contribution in [0, 0.1) is 17.1 Å². The first kappa shape index (κ1) is 19.4. The summed E-state index contributed by atoms with van der Waals surface area (Å²) in [5.74, 6) is -1.05. The smallest absolute Gasteiger partial charge is 0.322 e. The first-order valence-electron chi connectivity index (χ1n) is 9.03. The van der Waals surface area contributed by atoms with Crippen molar-refractivity contribution in [1.82, 2.24) is 14.7 Å². The number of carbonyl (C=O) groups excluding carboxylic acids is 1. The third-order valence-corrected chi connectivity index (χ3v) is 6.93. The van der Waals surface area contributed by atoms with Crippen LogP contribution in [0.4, 0.5) is 14.9 Å². The van der Waals surface area contributed by atoms with E-state index in [4.69, 9.17) is 5.26 Å². The zero-order valence-electron chi connectivity index (χ0n) is 15.3. The topological polar surface area (TPSA) is 128 Å². The lowest BCUT2D eigenvalue weighted by Gasteiger charge is -2.27. The molecule has 0 spiro atoms. The number of anilines is 1. The van der Waals surface area contributed by atoms with Gasteiger partial charge >= 0.3 is 6.03 Å². The van der Waals surface area contributed by atoms with Crippen molar-refractivity contribution in [1.29, 1.82) is 5.26 Å². The molecule has 2 N–H and O–H groups in total. The van der Waals surface area contributed by atoms with E-state index in [-0.39, 0.29) is 28.6 Å². The first-order valence-corrected chi connectivity index (χ1v) is 10.7. The molecule has 0 bridgehead atoms. The van der Waals surface area contributed by atoms with Gasteiger partial charge in [0.05, 0.1) is 29.7 Å². The van der Waals surface area contributed by atoms with Gasteiger partial charge in [0.25, 0.3) is 0 Å². The lowest BCUT2D eigenvalue weighted by atomic mass is 10.1. The number of halogens is 1. The average molecular weight is 419 g/mol. The highest BCUT2D eigenvalue weighted by molar-refractivity contribution is 7.91. The Bertz CT molecular complexity index is 1140. The van der Waals surface area contributed by atoms with Crippen molar-refractivity contribution in [3.05, 3.63) is 40.8 Å². The number of nitrogens with zero attached hydrogens (tertiary/aromatic N) is 4. The van der Waals surface area contributed by atoms with Crippen LogP contribution in [-0.4, -0.2) is 52.6 Å². The van der Waals surface area contributed by atoms with Crippen LogP contribution in [0.5, 0.6) is 0 Å². The van der Waals surface area contributed by atoms with Gasteiger partial charge in [0, 0.05) is 30.8 Å². The van der Waals surface area contributed by atoms with Crippen molar-refractivity contribution in [2.45, 2.75) is 37.1 Å². The van der Waals surface area contributed by atoms with Crippen LogP contribution in [0.1, 0.15) is 23.2 Å². The number of rotatable bonds is 1. The number of amides is 2. The van der Waals surface area contributed by atoms with Gasteiger partial charge in [0.1, 0.15) is 11.9 Å². The Balaban J connectivity index is 1.59. The molecule has 2 amide bonds. The van der Waals surface area contributed by atoms with Gasteiger partial charge in [-0.1, -0.05) is 0 Å². The molecule has 9 nitrogen and oxygen atoms in total. The Kier molecular flexibility index (Phi) is 4.76. The summed E-state index contributed by atoms with van der Waals surface area (Å²) >= 11 is 0. The average Bonchev–Trinajstić information content (AvgIpc) is 3.00. The van der Waals surface area contributed by atoms with E-state index >= 15 is 0 Å². The number of nitriles is 1. The van der Waals surface area contributed by atoms with Gasteiger partial charge in [-0.15, -0.1) is 0 Å². The minimum Gasteiger partial charge on any atom is -0.392 e. The van der Waals surface area contributed by atoms with E-state index in [0.29, 0.717) is 37.2 Å². The first-order chi connectivity index (χ1) is 13.8. The fraction of sp³-hybridized carbons (Fsp3) is 0.389. The molecule has 152 valence electrons. The van der Waals surface area contributed by atoms with E-state index in [9.17, 15) is 22.7 Å². The van der Waals surface area contributed by atoms with Crippen LogP contribution in [0.15, 0.2) is 23.2 Å². The van der Waals surface area contributed by atoms with Crippen molar-refractivity contribution in [2.24, 2.45) is 0 Å². The van der Waals surface area contributed by atoms with Gasteiger partial charge in [-0.05, 0) is 24.6 Å². The highest BCUT2D eigenvalue weighted by Gasteiger charge is 2.36. The molecule has 2 aliphatic heterocycles. The van der Waals surface area contributed by atoms with E-state index in [1.807, 2.05) is 0 Å². The van der Waals surface area contributed by atoms with Crippen LogP contribution >= 0.6 is 0 Å². The van der Waals surface area contributed by atoms with Gasteiger partial charge in [-0.3, -0.25) is 4.68 Å². The van der Waals surface area contributed by atoms with E-state index < -0.39 is 27.8 Å². The number of aromatic nitrogens is 2. The summed E-state index contributed by atoms with van der Waals surface area (Å²) in [5.41, 5.74) is 1.19. The second-order valence-electron chi connectivity index (χ2n) is 7.09. The lowest BCUT2D eigenvalue weighted by Crippen LogP contribution is -2.39. The second-order valence-corrected chi connectivity index (χ2v) is 9.04. The monoisotopic (exact) mass is 419 g/mol. The van der Waals surface area contributed by atoms with Crippen LogP contribution in [0.25, 0.3) is 0 Å². The van der Waals surface area contributed by atoms with Crippen molar-refractivity contribution >= 4 is 21.6 Å². The molecule has 0 radical (unpaired) electrons. The minimum atomic E-state index is -3.73. The largest absolute Gasteiger partial charge is 0.392 e. The van der Waals surface area contributed by atoms with E-state index in [0.717, 1.165) is 6.07 Å². The molecular formula is C18H18FN5O4S. The van der Waals surface area contributed by atoms with Crippen LogP contribution < -0.4 is 5.32 Å². The Morgan fingerprint density at radius 2 is 2.17 bits per heavy atom. The molecule has 0 saturated heterocycles. The summed E-state index contributed by atoms with van der Waals surface area (Å²) in [5, 5.41) is 25.8. The Morgan fingerprint density at radius 3 is 2.93 bits per heavy atom. The molecule has 1 unspecified atom stereocenters. The Hall–Kier alpha value is -2.97. The molecule has 0 aliphatic carbocycles. The molecule has 2 aromatic rings. The highest BCUT2D eigenvalue weighted by Crippen LogP contribution is 2.30. The maximum absolute atomic E-state index is 13.5. The van der Waals surface area contributed by atoms with Crippen molar-refractivity contribution in [3.8, 4) is 6.07 Å². The number of sulfone groups is 1. The summed E-state index contributed by atoms with van der Waals surface area (Å²) in [4.78, 5) is 14.1. The number of benzene rings is 1. The van der Waals surface area contributed by atoms with Crippen LogP contribution in [0.2, 0.25) is 0 Å². The van der Waals surface area contributed by atoms with Crippen molar-refractivity contribution < 1.29 is 22.7 Å². The summed E-state index contributed by atoms with van der Waals surface area (Å²) in [7, 11) is -3.73. The predicted octanol–water partition coefficient (Wildman–Crippen LogP) is 1.02. The zero-order valence-corrected chi connectivity index (χ0v) is 16.1. The van der Waals surface area contributed by atoms with Gasteiger partial charge < -0.3 is 15.3 Å². The molecule has 1 aromatic heterocycles.